The molecule has 0 bridgehead atoms. The second-order valence-electron chi connectivity index (χ2n) is 8.67. The van der Waals surface area contributed by atoms with Crippen LogP contribution in [-0.2, 0) is 15.6 Å². The lowest BCUT2D eigenvalue weighted by Gasteiger charge is -2.42. The molecule has 1 heterocycles. The minimum atomic E-state index is -1.04. The fourth-order valence-corrected chi connectivity index (χ4v) is 3.86. The number of aryl methyl sites for hydroxylation is 1. The summed E-state index contributed by atoms with van der Waals surface area (Å²) >= 11 is 0. The molecule has 136 valence electrons. The lowest BCUT2D eigenvalue weighted by Crippen LogP contribution is -2.34. The third-order valence-corrected chi connectivity index (χ3v) is 5.79. The third-order valence-electron chi connectivity index (χ3n) is 5.79. The van der Waals surface area contributed by atoms with Gasteiger partial charge in [0.25, 0.3) is 0 Å². The van der Waals surface area contributed by atoms with Crippen LogP contribution in [0.3, 0.4) is 0 Å². The van der Waals surface area contributed by atoms with Crippen LogP contribution in [0, 0.1) is 6.92 Å². The SMILES string of the molecule is C=C(C(=O)O)c1cccc(-c2cc3c(cc2C)C(C)(C)CCC3(C)C)n1. The number of pyridine rings is 1. The second-order valence-corrected chi connectivity index (χ2v) is 8.67. The number of carboxylic acids is 1. The van der Waals surface area contributed by atoms with Crippen molar-refractivity contribution in [3.63, 3.8) is 0 Å². The maximum atomic E-state index is 11.2. The van der Waals surface area contributed by atoms with Gasteiger partial charge in [-0.15, -0.1) is 0 Å². The highest BCUT2D eigenvalue weighted by Gasteiger charge is 2.37. The van der Waals surface area contributed by atoms with Crippen molar-refractivity contribution in [1.29, 1.82) is 0 Å². The van der Waals surface area contributed by atoms with Crippen LogP contribution in [0.15, 0.2) is 36.9 Å². The van der Waals surface area contributed by atoms with Crippen LogP contribution in [-0.4, -0.2) is 16.1 Å². The predicted octanol–water partition coefficient (Wildman–Crippen LogP) is 5.50. The van der Waals surface area contributed by atoms with Gasteiger partial charge in [0.15, 0.2) is 0 Å². The number of fused-ring (bicyclic) bond motifs is 1. The summed E-state index contributed by atoms with van der Waals surface area (Å²) < 4.78 is 0. The first kappa shape index (κ1) is 18.4. The fourth-order valence-electron chi connectivity index (χ4n) is 3.86. The molecule has 0 saturated heterocycles. The van der Waals surface area contributed by atoms with E-state index in [9.17, 15) is 9.90 Å². The van der Waals surface area contributed by atoms with E-state index in [0.29, 0.717) is 5.69 Å². The zero-order valence-corrected chi connectivity index (χ0v) is 16.3. The van der Waals surface area contributed by atoms with Gasteiger partial charge in [-0.2, -0.15) is 0 Å². The van der Waals surface area contributed by atoms with E-state index in [0.717, 1.165) is 17.7 Å². The largest absolute Gasteiger partial charge is 0.478 e. The summed E-state index contributed by atoms with van der Waals surface area (Å²) in [6.45, 7) is 15.0. The molecule has 0 fully saturated rings. The van der Waals surface area contributed by atoms with Crippen molar-refractivity contribution in [3.05, 3.63) is 59.3 Å². The number of rotatable bonds is 3. The van der Waals surface area contributed by atoms with E-state index in [1.54, 1.807) is 6.07 Å². The molecule has 0 saturated carbocycles. The van der Waals surface area contributed by atoms with Crippen molar-refractivity contribution >= 4 is 11.5 Å². The number of aliphatic carboxylic acids is 1. The molecule has 0 unspecified atom stereocenters. The van der Waals surface area contributed by atoms with E-state index in [1.807, 2.05) is 12.1 Å². The van der Waals surface area contributed by atoms with E-state index in [4.69, 9.17) is 0 Å². The van der Waals surface area contributed by atoms with Gasteiger partial charge in [-0.05, 0) is 65.5 Å². The molecule has 3 rings (SSSR count). The van der Waals surface area contributed by atoms with E-state index >= 15 is 0 Å². The fraction of sp³-hybridized carbons (Fsp3) is 0.391. The normalized spacial score (nSPS) is 17.4. The van der Waals surface area contributed by atoms with Crippen molar-refractivity contribution in [3.8, 4) is 11.3 Å². The van der Waals surface area contributed by atoms with Gasteiger partial charge in [0, 0.05) is 5.56 Å². The highest BCUT2D eigenvalue weighted by atomic mass is 16.4. The molecule has 0 amide bonds. The Morgan fingerprint density at radius 2 is 1.65 bits per heavy atom. The summed E-state index contributed by atoms with van der Waals surface area (Å²) in [6, 6.07) is 10.0. The van der Waals surface area contributed by atoms with Crippen LogP contribution in [0.25, 0.3) is 16.8 Å². The first-order chi connectivity index (χ1) is 12.0. The molecular formula is C23H27NO2. The Labute approximate surface area is 155 Å². The average molecular weight is 349 g/mol. The van der Waals surface area contributed by atoms with Crippen LogP contribution in [0.1, 0.15) is 62.9 Å². The minimum absolute atomic E-state index is 0.0175. The molecule has 1 aromatic carbocycles. The topological polar surface area (TPSA) is 50.2 Å². The quantitative estimate of drug-likeness (QED) is 0.744. The van der Waals surface area contributed by atoms with Crippen LogP contribution in [0.4, 0.5) is 0 Å². The van der Waals surface area contributed by atoms with Crippen molar-refractivity contribution in [1.82, 2.24) is 4.98 Å². The summed E-state index contributed by atoms with van der Waals surface area (Å²) in [7, 11) is 0. The average Bonchev–Trinajstić information content (AvgIpc) is 2.58. The van der Waals surface area contributed by atoms with Crippen molar-refractivity contribution in [2.45, 2.75) is 58.3 Å². The molecular weight excluding hydrogens is 322 g/mol. The Morgan fingerprint density at radius 3 is 2.23 bits per heavy atom. The molecule has 0 spiro atoms. The maximum absolute atomic E-state index is 11.2. The number of carbonyl (C=O) groups is 1. The Kier molecular flexibility index (Phi) is 4.30. The van der Waals surface area contributed by atoms with Crippen molar-refractivity contribution < 1.29 is 9.90 Å². The molecule has 1 aliphatic carbocycles. The summed E-state index contributed by atoms with van der Waals surface area (Å²) in [4.78, 5) is 15.8. The maximum Gasteiger partial charge on any atom is 0.337 e. The van der Waals surface area contributed by atoms with Gasteiger partial charge < -0.3 is 5.11 Å². The van der Waals surface area contributed by atoms with Gasteiger partial charge in [-0.1, -0.05) is 46.4 Å². The highest BCUT2D eigenvalue weighted by molar-refractivity contribution is 6.13. The zero-order valence-electron chi connectivity index (χ0n) is 16.3. The molecule has 3 nitrogen and oxygen atoms in total. The molecule has 0 aliphatic heterocycles. The Hall–Kier alpha value is -2.42. The van der Waals surface area contributed by atoms with Crippen LogP contribution in [0.5, 0.6) is 0 Å². The zero-order chi connectivity index (χ0) is 19.3. The van der Waals surface area contributed by atoms with E-state index in [-0.39, 0.29) is 16.4 Å². The van der Waals surface area contributed by atoms with Gasteiger partial charge in [-0.3, -0.25) is 0 Å². The standard InChI is InChI=1S/C23H27NO2/c1-14-12-17-18(23(5,6)11-10-22(17,3)4)13-16(14)20-9-7-8-19(24-20)15(2)21(25)26/h7-9,12-13H,2,10-11H2,1,3-6H3,(H,25,26). The highest BCUT2D eigenvalue weighted by Crippen LogP contribution is 2.47. The number of hydrogen-bond acceptors (Lipinski definition) is 2. The summed E-state index contributed by atoms with van der Waals surface area (Å²) in [5.74, 6) is -1.04. The Morgan fingerprint density at radius 1 is 1.08 bits per heavy atom. The first-order valence-electron chi connectivity index (χ1n) is 9.08. The van der Waals surface area contributed by atoms with Crippen molar-refractivity contribution in [2.24, 2.45) is 0 Å². The number of aromatic nitrogens is 1. The molecule has 1 N–H and O–H groups in total. The molecule has 0 radical (unpaired) electrons. The van der Waals surface area contributed by atoms with Gasteiger partial charge in [-0.25, -0.2) is 9.78 Å². The number of carboxylic acid groups (broad SMARTS) is 1. The monoisotopic (exact) mass is 349 g/mol. The molecule has 3 heteroatoms. The lowest BCUT2D eigenvalue weighted by molar-refractivity contribution is -0.130. The second kappa shape index (κ2) is 6.08. The summed E-state index contributed by atoms with van der Waals surface area (Å²) in [6.07, 6.45) is 2.33. The van der Waals surface area contributed by atoms with Gasteiger partial charge in [0.2, 0.25) is 0 Å². The number of hydrogen-bond donors (Lipinski definition) is 1. The summed E-state index contributed by atoms with van der Waals surface area (Å²) in [5, 5.41) is 9.20. The third kappa shape index (κ3) is 3.07. The molecule has 1 aromatic heterocycles. The van der Waals surface area contributed by atoms with Gasteiger partial charge in [0.05, 0.1) is 17.0 Å². The molecule has 0 atom stereocenters. The number of benzene rings is 1. The van der Waals surface area contributed by atoms with Gasteiger partial charge >= 0.3 is 5.97 Å². The summed E-state index contributed by atoms with van der Waals surface area (Å²) in [5.41, 5.74) is 6.53. The lowest BCUT2D eigenvalue weighted by atomic mass is 9.62. The first-order valence-corrected chi connectivity index (χ1v) is 9.08. The van der Waals surface area contributed by atoms with Crippen LogP contribution < -0.4 is 0 Å². The Balaban J connectivity index is 2.18. The van der Waals surface area contributed by atoms with E-state index < -0.39 is 5.97 Å². The van der Waals surface area contributed by atoms with Crippen LogP contribution in [0.2, 0.25) is 0 Å². The predicted molar refractivity (Wildman–Crippen MR) is 106 cm³/mol. The molecule has 2 aromatic rings. The molecule has 26 heavy (non-hydrogen) atoms. The smallest absolute Gasteiger partial charge is 0.337 e. The minimum Gasteiger partial charge on any atom is -0.478 e. The number of nitrogens with zero attached hydrogens (tertiary/aromatic N) is 1. The van der Waals surface area contributed by atoms with Gasteiger partial charge in [0.1, 0.15) is 0 Å². The molecule has 1 aliphatic rings. The van der Waals surface area contributed by atoms with Crippen LogP contribution >= 0.6 is 0 Å². The van der Waals surface area contributed by atoms with E-state index in [1.165, 1.54) is 23.1 Å². The Bertz CT molecular complexity index is 906. The van der Waals surface area contributed by atoms with Crippen molar-refractivity contribution in [2.75, 3.05) is 0 Å². The van der Waals surface area contributed by atoms with E-state index in [2.05, 4.69) is 58.3 Å².